The fourth-order valence-electron chi connectivity index (χ4n) is 2.60. The molecule has 3 aromatic rings. The first-order valence-electron chi connectivity index (χ1n) is 7.60. The van der Waals surface area contributed by atoms with E-state index in [4.69, 9.17) is 9.47 Å². The molecule has 25 heavy (non-hydrogen) atoms. The van der Waals surface area contributed by atoms with E-state index in [1.54, 1.807) is 47.9 Å². The Kier molecular flexibility index (Phi) is 4.42. The molecule has 0 spiro atoms. The van der Waals surface area contributed by atoms with Gasteiger partial charge >= 0.3 is 0 Å². The third kappa shape index (κ3) is 3.18. The van der Waals surface area contributed by atoms with Gasteiger partial charge in [0.05, 0.1) is 14.2 Å². The average molecular weight is 342 g/mol. The topological polar surface area (TPSA) is 86.9 Å². The van der Waals surface area contributed by atoms with E-state index in [1.807, 2.05) is 0 Å². The average Bonchev–Trinajstić information content (AvgIpc) is 3.10. The lowest BCUT2D eigenvalue weighted by Gasteiger charge is -2.11. The maximum absolute atomic E-state index is 12.4. The normalized spacial score (nSPS) is 10.7. The molecule has 130 valence electrons. The number of amides is 1. The molecular formula is C17H18N4O4. The number of anilines is 1. The van der Waals surface area contributed by atoms with Gasteiger partial charge in [0.15, 0.2) is 11.5 Å². The predicted molar refractivity (Wildman–Crippen MR) is 92.4 cm³/mol. The van der Waals surface area contributed by atoms with Crippen molar-refractivity contribution in [2.45, 2.75) is 13.5 Å². The number of fused-ring (bicyclic) bond motifs is 1. The van der Waals surface area contributed by atoms with Gasteiger partial charge in [-0.2, -0.15) is 5.10 Å². The minimum Gasteiger partial charge on any atom is -0.493 e. The fourth-order valence-corrected chi connectivity index (χ4v) is 2.60. The summed E-state index contributed by atoms with van der Waals surface area (Å²) in [5.41, 5.74) is 0.695. The summed E-state index contributed by atoms with van der Waals surface area (Å²) in [4.78, 5) is 24.7. The van der Waals surface area contributed by atoms with Crippen LogP contribution in [0.25, 0.3) is 5.52 Å². The fraction of sp³-hybridized carbons (Fsp3) is 0.235. The first-order chi connectivity index (χ1) is 12.0. The van der Waals surface area contributed by atoms with E-state index < -0.39 is 0 Å². The van der Waals surface area contributed by atoms with Crippen LogP contribution in [0.4, 0.5) is 5.69 Å². The van der Waals surface area contributed by atoms with Crippen LogP contribution in [-0.2, 0) is 11.3 Å². The highest BCUT2D eigenvalue weighted by Gasteiger charge is 2.12. The number of carbonyl (C=O) groups is 1. The Bertz CT molecular complexity index is 990. The van der Waals surface area contributed by atoms with Crippen molar-refractivity contribution in [2.75, 3.05) is 19.5 Å². The molecule has 0 fully saturated rings. The molecule has 0 unspecified atom stereocenters. The maximum Gasteiger partial charge on any atom is 0.291 e. The zero-order valence-electron chi connectivity index (χ0n) is 14.1. The lowest BCUT2D eigenvalue weighted by atomic mass is 10.2. The van der Waals surface area contributed by atoms with Crippen molar-refractivity contribution in [3.8, 4) is 11.5 Å². The van der Waals surface area contributed by atoms with Crippen LogP contribution < -0.4 is 20.3 Å². The summed E-state index contributed by atoms with van der Waals surface area (Å²) >= 11 is 0. The number of benzene rings is 1. The maximum atomic E-state index is 12.4. The first-order valence-corrected chi connectivity index (χ1v) is 7.60. The van der Waals surface area contributed by atoms with Crippen molar-refractivity contribution in [1.29, 1.82) is 0 Å². The molecule has 2 aromatic heterocycles. The third-order valence-electron chi connectivity index (χ3n) is 3.78. The SMILES string of the molecule is COc1ccc(NC(=O)Cn2nc(C)n3cccc3c2=O)cc1OC. The van der Waals surface area contributed by atoms with Crippen LogP contribution in [0.15, 0.2) is 41.3 Å². The summed E-state index contributed by atoms with van der Waals surface area (Å²) in [6.45, 7) is 1.59. The van der Waals surface area contributed by atoms with Gasteiger partial charge in [-0.3, -0.25) is 14.0 Å². The number of hydrogen-bond acceptors (Lipinski definition) is 5. The van der Waals surface area contributed by atoms with Crippen LogP contribution in [0, 0.1) is 6.92 Å². The lowest BCUT2D eigenvalue weighted by Crippen LogP contribution is -2.31. The number of aryl methyl sites for hydroxylation is 1. The quantitative estimate of drug-likeness (QED) is 0.758. The Morgan fingerprint density at radius 3 is 2.68 bits per heavy atom. The summed E-state index contributed by atoms with van der Waals surface area (Å²) in [7, 11) is 3.05. The van der Waals surface area contributed by atoms with E-state index in [0.29, 0.717) is 28.5 Å². The molecule has 1 aromatic carbocycles. The van der Waals surface area contributed by atoms with Crippen molar-refractivity contribution in [2.24, 2.45) is 0 Å². The van der Waals surface area contributed by atoms with Crippen LogP contribution in [0.1, 0.15) is 5.82 Å². The highest BCUT2D eigenvalue weighted by molar-refractivity contribution is 5.90. The van der Waals surface area contributed by atoms with Crippen LogP contribution in [0.5, 0.6) is 11.5 Å². The third-order valence-corrected chi connectivity index (χ3v) is 3.78. The van der Waals surface area contributed by atoms with Gasteiger partial charge < -0.3 is 14.8 Å². The second-order valence-electron chi connectivity index (χ2n) is 5.39. The molecule has 1 N–H and O–H groups in total. The highest BCUT2D eigenvalue weighted by atomic mass is 16.5. The molecular weight excluding hydrogens is 324 g/mol. The Labute approximate surface area is 143 Å². The molecule has 0 aliphatic carbocycles. The number of nitrogens with zero attached hydrogens (tertiary/aromatic N) is 3. The van der Waals surface area contributed by atoms with Crippen molar-refractivity contribution in [3.63, 3.8) is 0 Å². The minimum absolute atomic E-state index is 0.185. The molecule has 0 atom stereocenters. The number of nitrogens with one attached hydrogen (secondary N) is 1. The van der Waals surface area contributed by atoms with Gasteiger partial charge in [-0.25, -0.2) is 4.68 Å². The van der Waals surface area contributed by atoms with Gasteiger partial charge in [-0.1, -0.05) is 0 Å². The monoisotopic (exact) mass is 342 g/mol. The molecule has 0 saturated carbocycles. The number of methoxy groups -OCH3 is 2. The molecule has 8 heteroatoms. The Morgan fingerprint density at radius 1 is 1.20 bits per heavy atom. The predicted octanol–water partition coefficient (Wildman–Crippen LogP) is 1.46. The molecule has 0 aliphatic heterocycles. The van der Waals surface area contributed by atoms with E-state index in [-0.39, 0.29) is 18.0 Å². The van der Waals surface area contributed by atoms with Gasteiger partial charge in [-0.05, 0) is 31.2 Å². The van der Waals surface area contributed by atoms with Crippen LogP contribution in [0.3, 0.4) is 0 Å². The van der Waals surface area contributed by atoms with E-state index in [1.165, 1.54) is 14.2 Å². The Hall–Kier alpha value is -3.29. The Balaban J connectivity index is 1.81. The van der Waals surface area contributed by atoms with Crippen LogP contribution in [0.2, 0.25) is 0 Å². The molecule has 0 saturated heterocycles. The number of aromatic nitrogens is 3. The molecule has 0 aliphatic rings. The molecule has 0 radical (unpaired) electrons. The largest absolute Gasteiger partial charge is 0.493 e. The van der Waals surface area contributed by atoms with Gasteiger partial charge in [0.25, 0.3) is 5.56 Å². The number of hydrogen-bond donors (Lipinski definition) is 1. The minimum atomic E-state index is -0.364. The smallest absolute Gasteiger partial charge is 0.291 e. The van der Waals surface area contributed by atoms with Crippen molar-refractivity contribution >= 4 is 17.1 Å². The summed E-state index contributed by atoms with van der Waals surface area (Å²) in [6, 6.07) is 8.49. The second kappa shape index (κ2) is 6.68. The van der Waals surface area contributed by atoms with E-state index >= 15 is 0 Å². The van der Waals surface area contributed by atoms with Gasteiger partial charge in [0.1, 0.15) is 17.9 Å². The number of rotatable bonds is 5. The highest BCUT2D eigenvalue weighted by Crippen LogP contribution is 2.29. The standard InChI is InChI=1S/C17H18N4O4/c1-11-19-21(17(23)13-5-4-8-20(11)13)10-16(22)18-12-6-7-14(24-2)15(9-12)25-3/h4-9H,10H2,1-3H3,(H,18,22). The molecule has 1 amide bonds. The van der Waals surface area contributed by atoms with Crippen LogP contribution >= 0.6 is 0 Å². The number of carbonyl (C=O) groups excluding carboxylic acids is 1. The van der Waals surface area contributed by atoms with Gasteiger partial charge in [0, 0.05) is 18.0 Å². The zero-order valence-corrected chi connectivity index (χ0v) is 14.1. The van der Waals surface area contributed by atoms with Crippen molar-refractivity contribution in [1.82, 2.24) is 14.2 Å². The zero-order chi connectivity index (χ0) is 18.0. The van der Waals surface area contributed by atoms with Crippen LogP contribution in [-0.4, -0.2) is 34.3 Å². The molecule has 0 bridgehead atoms. The lowest BCUT2D eigenvalue weighted by molar-refractivity contribution is -0.117. The Morgan fingerprint density at radius 2 is 1.96 bits per heavy atom. The number of ether oxygens (including phenoxy) is 2. The molecule has 3 rings (SSSR count). The second-order valence-corrected chi connectivity index (χ2v) is 5.39. The van der Waals surface area contributed by atoms with Crippen molar-refractivity contribution in [3.05, 3.63) is 52.7 Å². The van der Waals surface area contributed by atoms with Gasteiger partial charge in [-0.15, -0.1) is 0 Å². The summed E-state index contributed by atoms with van der Waals surface area (Å²) in [5.74, 6) is 1.32. The van der Waals surface area contributed by atoms with E-state index in [2.05, 4.69) is 10.4 Å². The van der Waals surface area contributed by atoms with Crippen molar-refractivity contribution < 1.29 is 14.3 Å². The molecule has 2 heterocycles. The van der Waals surface area contributed by atoms with E-state index in [0.717, 1.165) is 4.68 Å². The molecule has 8 nitrogen and oxygen atoms in total. The first kappa shape index (κ1) is 16.6. The van der Waals surface area contributed by atoms with E-state index in [9.17, 15) is 9.59 Å². The summed E-state index contributed by atoms with van der Waals surface area (Å²) in [5, 5.41) is 6.90. The summed E-state index contributed by atoms with van der Waals surface area (Å²) in [6.07, 6.45) is 1.76. The summed E-state index contributed by atoms with van der Waals surface area (Å²) < 4.78 is 13.2. The van der Waals surface area contributed by atoms with Gasteiger partial charge in [0.2, 0.25) is 5.91 Å².